The van der Waals surface area contributed by atoms with Crippen LogP contribution in [-0.4, -0.2) is 40.0 Å². The molecule has 5 rings (SSSR count). The van der Waals surface area contributed by atoms with Gasteiger partial charge < -0.3 is 19.0 Å². The van der Waals surface area contributed by atoms with Crippen LogP contribution in [0.3, 0.4) is 0 Å². The third-order valence-electron chi connectivity index (χ3n) is 6.00. The summed E-state index contributed by atoms with van der Waals surface area (Å²) < 4.78 is 18.4. The molecule has 4 aromatic rings. The van der Waals surface area contributed by atoms with E-state index in [0.717, 1.165) is 70.6 Å². The Bertz CT molecular complexity index is 1270. The molecule has 1 fully saturated rings. The number of H-pyrrole nitrogens is 1. The summed E-state index contributed by atoms with van der Waals surface area (Å²) in [6, 6.07) is 3.94. The first kappa shape index (κ1) is 18.9. The normalized spacial score (nSPS) is 15.3. The predicted octanol–water partition coefficient (Wildman–Crippen LogP) is 3.58. The molecule has 0 saturated carbocycles. The SMILES string of the molecule is COc1cc2c(cc1-c1c(C)noc1C)ncc1[nH]c(=O)n(CC3CCOCC3)c12. The fraction of sp³-hybridized carbons (Fsp3) is 0.409. The van der Waals surface area contributed by atoms with Crippen molar-refractivity contribution in [3.05, 3.63) is 40.3 Å². The molecule has 30 heavy (non-hydrogen) atoms. The first-order valence-electron chi connectivity index (χ1n) is 10.2. The molecule has 0 amide bonds. The zero-order valence-corrected chi connectivity index (χ0v) is 17.3. The summed E-state index contributed by atoms with van der Waals surface area (Å²) >= 11 is 0. The van der Waals surface area contributed by atoms with Crippen LogP contribution in [0.5, 0.6) is 5.75 Å². The molecule has 0 atom stereocenters. The van der Waals surface area contributed by atoms with Crippen LogP contribution in [0.15, 0.2) is 27.6 Å². The van der Waals surface area contributed by atoms with Gasteiger partial charge in [0.1, 0.15) is 11.5 Å². The molecule has 4 heterocycles. The minimum atomic E-state index is -0.112. The van der Waals surface area contributed by atoms with E-state index in [0.29, 0.717) is 18.2 Å². The Balaban J connectivity index is 1.72. The Morgan fingerprint density at radius 1 is 1.27 bits per heavy atom. The van der Waals surface area contributed by atoms with Crippen LogP contribution in [0.2, 0.25) is 0 Å². The molecule has 0 radical (unpaired) electrons. The molecule has 0 spiro atoms. The number of ether oxygens (including phenoxy) is 2. The number of pyridine rings is 1. The van der Waals surface area contributed by atoms with Gasteiger partial charge >= 0.3 is 5.69 Å². The van der Waals surface area contributed by atoms with Crippen molar-refractivity contribution in [1.29, 1.82) is 0 Å². The number of hydrogen-bond acceptors (Lipinski definition) is 6. The maximum Gasteiger partial charge on any atom is 0.326 e. The average Bonchev–Trinajstić information content (AvgIpc) is 3.26. The van der Waals surface area contributed by atoms with E-state index in [9.17, 15) is 4.79 Å². The lowest BCUT2D eigenvalue weighted by atomic mass is 9.99. The van der Waals surface area contributed by atoms with Gasteiger partial charge in [-0.1, -0.05) is 5.16 Å². The lowest BCUT2D eigenvalue weighted by molar-refractivity contribution is 0.0613. The second-order valence-electron chi connectivity index (χ2n) is 7.89. The summed E-state index contributed by atoms with van der Waals surface area (Å²) in [7, 11) is 1.64. The maximum atomic E-state index is 12.7. The fourth-order valence-electron chi connectivity index (χ4n) is 4.46. The van der Waals surface area contributed by atoms with Crippen LogP contribution in [0.25, 0.3) is 33.1 Å². The topological polar surface area (TPSA) is 95.2 Å². The molecule has 0 unspecified atom stereocenters. The highest BCUT2D eigenvalue weighted by Crippen LogP contribution is 2.38. The molecule has 1 N–H and O–H groups in total. The van der Waals surface area contributed by atoms with E-state index < -0.39 is 0 Å². The van der Waals surface area contributed by atoms with Gasteiger partial charge in [-0.2, -0.15) is 0 Å². The smallest absolute Gasteiger partial charge is 0.326 e. The zero-order valence-electron chi connectivity index (χ0n) is 17.3. The highest BCUT2D eigenvalue weighted by molar-refractivity contribution is 6.04. The number of aromatic nitrogens is 4. The van der Waals surface area contributed by atoms with E-state index in [2.05, 4.69) is 15.1 Å². The molecule has 8 heteroatoms. The molecule has 0 aliphatic carbocycles. The molecule has 0 bridgehead atoms. The Morgan fingerprint density at radius 3 is 2.77 bits per heavy atom. The Labute approximate surface area is 172 Å². The molecule has 3 aromatic heterocycles. The summed E-state index contributed by atoms with van der Waals surface area (Å²) in [5.74, 6) is 1.84. The van der Waals surface area contributed by atoms with Gasteiger partial charge in [-0.05, 0) is 44.7 Å². The van der Waals surface area contributed by atoms with Crippen molar-refractivity contribution in [2.75, 3.05) is 20.3 Å². The number of nitrogens with zero attached hydrogens (tertiary/aromatic N) is 3. The highest BCUT2D eigenvalue weighted by Gasteiger charge is 2.21. The van der Waals surface area contributed by atoms with Gasteiger partial charge in [-0.3, -0.25) is 9.55 Å². The lowest BCUT2D eigenvalue weighted by Crippen LogP contribution is -2.25. The quantitative estimate of drug-likeness (QED) is 0.555. The van der Waals surface area contributed by atoms with Crippen LogP contribution in [0, 0.1) is 19.8 Å². The molecular weight excluding hydrogens is 384 g/mol. The standard InChI is InChI=1S/C22H24N4O4/c1-12-20(13(2)30-25-12)16-8-17-15(9-19(16)28-3)21-18(10-23-17)24-22(27)26(21)11-14-4-6-29-7-5-14/h8-10,14H,4-7,11H2,1-3H3,(H,24,27). The molecule has 1 aliphatic heterocycles. The Kier molecular flexibility index (Phi) is 4.58. The van der Waals surface area contributed by atoms with E-state index in [1.165, 1.54) is 0 Å². The Hall–Kier alpha value is -3.13. The second-order valence-corrected chi connectivity index (χ2v) is 7.89. The number of rotatable bonds is 4. The Morgan fingerprint density at radius 2 is 2.07 bits per heavy atom. The van der Waals surface area contributed by atoms with E-state index in [1.807, 2.05) is 30.5 Å². The van der Waals surface area contributed by atoms with Crippen LogP contribution in [-0.2, 0) is 11.3 Å². The van der Waals surface area contributed by atoms with E-state index in [-0.39, 0.29) is 5.69 Å². The molecule has 1 aliphatic rings. The number of benzene rings is 1. The largest absolute Gasteiger partial charge is 0.496 e. The van der Waals surface area contributed by atoms with E-state index in [1.54, 1.807) is 13.3 Å². The molecule has 156 valence electrons. The zero-order chi connectivity index (χ0) is 20.8. The number of aromatic amines is 1. The number of aryl methyl sites for hydroxylation is 2. The first-order chi connectivity index (χ1) is 14.6. The number of imidazole rings is 1. The molecular formula is C22H24N4O4. The average molecular weight is 408 g/mol. The van der Waals surface area contributed by atoms with Gasteiger partial charge in [0.05, 0.1) is 41.1 Å². The number of methoxy groups -OCH3 is 1. The molecule has 1 saturated heterocycles. The number of hydrogen-bond donors (Lipinski definition) is 1. The van der Waals surface area contributed by atoms with E-state index >= 15 is 0 Å². The lowest BCUT2D eigenvalue weighted by Gasteiger charge is -2.22. The van der Waals surface area contributed by atoms with Gasteiger partial charge in [0.2, 0.25) is 0 Å². The van der Waals surface area contributed by atoms with Crippen molar-refractivity contribution < 1.29 is 14.0 Å². The van der Waals surface area contributed by atoms with Crippen molar-refractivity contribution in [2.45, 2.75) is 33.2 Å². The van der Waals surface area contributed by atoms with Crippen molar-refractivity contribution in [3.63, 3.8) is 0 Å². The van der Waals surface area contributed by atoms with Crippen LogP contribution in [0.4, 0.5) is 0 Å². The van der Waals surface area contributed by atoms with Gasteiger partial charge in [0.15, 0.2) is 0 Å². The predicted molar refractivity (Wildman–Crippen MR) is 113 cm³/mol. The molecule has 1 aromatic carbocycles. The maximum absolute atomic E-state index is 12.7. The van der Waals surface area contributed by atoms with Crippen molar-refractivity contribution in [1.82, 2.24) is 19.7 Å². The third kappa shape index (κ3) is 2.99. The van der Waals surface area contributed by atoms with Gasteiger partial charge in [-0.15, -0.1) is 0 Å². The third-order valence-corrected chi connectivity index (χ3v) is 6.00. The summed E-state index contributed by atoms with van der Waals surface area (Å²) in [5, 5.41) is 4.95. The van der Waals surface area contributed by atoms with Gasteiger partial charge in [-0.25, -0.2) is 4.79 Å². The minimum absolute atomic E-state index is 0.112. The summed E-state index contributed by atoms with van der Waals surface area (Å²) in [5.41, 5.74) is 4.85. The highest BCUT2D eigenvalue weighted by atomic mass is 16.5. The van der Waals surface area contributed by atoms with Crippen LogP contribution in [0.1, 0.15) is 24.3 Å². The van der Waals surface area contributed by atoms with Gasteiger partial charge in [0.25, 0.3) is 0 Å². The number of fused-ring (bicyclic) bond motifs is 3. The van der Waals surface area contributed by atoms with Crippen LogP contribution < -0.4 is 10.4 Å². The van der Waals surface area contributed by atoms with Gasteiger partial charge in [0, 0.05) is 30.7 Å². The summed E-state index contributed by atoms with van der Waals surface area (Å²) in [6.45, 7) is 5.95. The summed E-state index contributed by atoms with van der Waals surface area (Å²) in [6.07, 6.45) is 3.65. The number of nitrogens with one attached hydrogen (secondary N) is 1. The summed E-state index contributed by atoms with van der Waals surface area (Å²) in [4.78, 5) is 20.3. The second kappa shape index (κ2) is 7.28. The van der Waals surface area contributed by atoms with Crippen LogP contribution >= 0.6 is 0 Å². The van der Waals surface area contributed by atoms with Crippen molar-refractivity contribution >= 4 is 21.9 Å². The minimum Gasteiger partial charge on any atom is -0.496 e. The van der Waals surface area contributed by atoms with E-state index in [4.69, 9.17) is 14.0 Å². The van der Waals surface area contributed by atoms with Crippen molar-refractivity contribution in [2.24, 2.45) is 5.92 Å². The monoisotopic (exact) mass is 408 g/mol. The molecule has 8 nitrogen and oxygen atoms in total. The first-order valence-corrected chi connectivity index (χ1v) is 10.2. The van der Waals surface area contributed by atoms with Crippen molar-refractivity contribution in [3.8, 4) is 16.9 Å². The fourth-order valence-corrected chi connectivity index (χ4v) is 4.46.